The molecule has 0 aliphatic carbocycles. The van der Waals surface area contributed by atoms with Crippen LogP contribution in [0.15, 0.2) is 51.8 Å². The van der Waals surface area contributed by atoms with Crippen molar-refractivity contribution in [1.29, 1.82) is 0 Å². The van der Waals surface area contributed by atoms with Crippen LogP contribution in [0.25, 0.3) is 11.0 Å². The van der Waals surface area contributed by atoms with Crippen LogP contribution in [0.1, 0.15) is 36.9 Å². The molecule has 0 aliphatic heterocycles. The molecule has 0 atom stereocenters. The normalized spacial score (nSPS) is 11.5. The minimum absolute atomic E-state index is 0.00840. The highest BCUT2D eigenvalue weighted by molar-refractivity contribution is 7.98. The van der Waals surface area contributed by atoms with Gasteiger partial charge in [-0.1, -0.05) is 26.8 Å². The van der Waals surface area contributed by atoms with E-state index in [1.165, 1.54) is 17.5 Å². The maximum Gasteiger partial charge on any atom is 0.297 e. The lowest BCUT2D eigenvalue weighted by molar-refractivity contribution is 0.0959. The van der Waals surface area contributed by atoms with Gasteiger partial charge in [0.15, 0.2) is 5.76 Å². The first kappa shape index (κ1) is 20.1. The number of fused-ring (bicyclic) bond motifs is 1. The molecule has 1 N–H and O–H groups in total. The van der Waals surface area contributed by atoms with Crippen LogP contribution in [0, 0.1) is 0 Å². The van der Waals surface area contributed by atoms with Crippen molar-refractivity contribution in [3.05, 3.63) is 53.8 Å². The maximum atomic E-state index is 12.6. The minimum atomic E-state index is -0.282. The number of furan rings is 1. The molecule has 0 spiro atoms. The standard InChI is InChI=1S/C22H26N2O3S/c1-22(2,3)15-8-10-17(26-6)20(12-15)28-23-21(25)19-11-14-7-9-16(24(4)5)13-18(14)27-19/h7-13H,1-6H3,(H,23,25). The highest BCUT2D eigenvalue weighted by atomic mass is 32.2. The van der Waals surface area contributed by atoms with Crippen LogP contribution in [-0.4, -0.2) is 27.1 Å². The molecule has 2 aromatic carbocycles. The molecule has 3 aromatic rings. The SMILES string of the molecule is COc1ccc(C(C)(C)C)cc1SNC(=O)c1cc2ccc(N(C)C)cc2o1. The van der Waals surface area contributed by atoms with Crippen LogP contribution in [0.2, 0.25) is 0 Å². The molecular weight excluding hydrogens is 372 g/mol. The van der Waals surface area contributed by atoms with Crippen molar-refractivity contribution in [2.45, 2.75) is 31.1 Å². The number of carbonyl (C=O) groups excluding carboxylic acids is 1. The molecule has 0 radical (unpaired) electrons. The molecule has 6 heteroatoms. The number of amides is 1. The Labute approximate surface area is 170 Å². The van der Waals surface area contributed by atoms with Crippen molar-refractivity contribution in [1.82, 2.24) is 4.72 Å². The molecule has 0 bridgehead atoms. The van der Waals surface area contributed by atoms with Gasteiger partial charge in [0.05, 0.1) is 12.0 Å². The van der Waals surface area contributed by atoms with Gasteiger partial charge in [0, 0.05) is 31.2 Å². The third-order valence-electron chi connectivity index (χ3n) is 4.53. The minimum Gasteiger partial charge on any atom is -0.496 e. The Morgan fingerprint density at radius 3 is 2.50 bits per heavy atom. The van der Waals surface area contributed by atoms with E-state index in [2.05, 4.69) is 25.5 Å². The summed E-state index contributed by atoms with van der Waals surface area (Å²) in [4.78, 5) is 15.5. The monoisotopic (exact) mass is 398 g/mol. The number of methoxy groups -OCH3 is 1. The van der Waals surface area contributed by atoms with Crippen LogP contribution in [-0.2, 0) is 5.41 Å². The third-order valence-corrected chi connectivity index (χ3v) is 5.35. The summed E-state index contributed by atoms with van der Waals surface area (Å²) in [7, 11) is 5.56. The Morgan fingerprint density at radius 1 is 1.11 bits per heavy atom. The van der Waals surface area contributed by atoms with E-state index in [0.29, 0.717) is 5.58 Å². The maximum absolute atomic E-state index is 12.6. The molecule has 0 unspecified atom stereocenters. The van der Waals surface area contributed by atoms with E-state index in [9.17, 15) is 4.79 Å². The van der Waals surface area contributed by atoms with E-state index in [1.807, 2.05) is 55.4 Å². The molecule has 3 rings (SSSR count). The molecular formula is C22H26N2O3S. The largest absolute Gasteiger partial charge is 0.496 e. The molecule has 1 amide bonds. The highest BCUT2D eigenvalue weighted by Crippen LogP contribution is 2.33. The summed E-state index contributed by atoms with van der Waals surface area (Å²) in [6.07, 6.45) is 0. The Balaban J connectivity index is 1.79. The van der Waals surface area contributed by atoms with Gasteiger partial charge in [-0.05, 0) is 53.3 Å². The van der Waals surface area contributed by atoms with E-state index >= 15 is 0 Å². The van der Waals surface area contributed by atoms with Crippen LogP contribution in [0.5, 0.6) is 5.75 Å². The van der Waals surface area contributed by atoms with Gasteiger partial charge in [-0.2, -0.15) is 0 Å². The van der Waals surface area contributed by atoms with Crippen molar-refractivity contribution in [3.63, 3.8) is 0 Å². The first-order valence-electron chi connectivity index (χ1n) is 9.05. The Kier molecular flexibility index (Phi) is 5.61. The molecule has 0 saturated heterocycles. The van der Waals surface area contributed by atoms with Gasteiger partial charge in [-0.25, -0.2) is 0 Å². The number of carbonyl (C=O) groups is 1. The fourth-order valence-electron chi connectivity index (χ4n) is 2.78. The van der Waals surface area contributed by atoms with Gasteiger partial charge in [0.1, 0.15) is 11.3 Å². The van der Waals surface area contributed by atoms with Gasteiger partial charge in [-0.3, -0.25) is 9.52 Å². The van der Waals surface area contributed by atoms with E-state index < -0.39 is 0 Å². The Morgan fingerprint density at radius 2 is 1.86 bits per heavy atom. The number of nitrogens with zero attached hydrogens (tertiary/aromatic N) is 1. The first-order valence-corrected chi connectivity index (χ1v) is 9.87. The van der Waals surface area contributed by atoms with E-state index in [0.717, 1.165) is 21.7 Å². The zero-order valence-corrected chi connectivity index (χ0v) is 17.9. The second-order valence-corrected chi connectivity index (χ2v) is 8.72. The van der Waals surface area contributed by atoms with E-state index in [4.69, 9.17) is 9.15 Å². The topological polar surface area (TPSA) is 54.7 Å². The summed E-state index contributed by atoms with van der Waals surface area (Å²) >= 11 is 1.23. The molecule has 1 aromatic heterocycles. The Hall–Kier alpha value is -2.60. The number of hydrogen-bond acceptors (Lipinski definition) is 5. The smallest absolute Gasteiger partial charge is 0.297 e. The summed E-state index contributed by atoms with van der Waals surface area (Å²) in [6, 6.07) is 13.7. The third kappa shape index (κ3) is 4.28. The molecule has 0 aliphatic rings. The number of anilines is 1. The molecule has 0 saturated carbocycles. The fraction of sp³-hybridized carbons (Fsp3) is 0.318. The van der Waals surface area contributed by atoms with E-state index in [1.54, 1.807) is 13.2 Å². The number of nitrogens with one attached hydrogen (secondary N) is 1. The quantitative estimate of drug-likeness (QED) is 0.596. The van der Waals surface area contributed by atoms with Crippen molar-refractivity contribution in [2.24, 2.45) is 0 Å². The van der Waals surface area contributed by atoms with Gasteiger partial charge < -0.3 is 14.1 Å². The number of benzene rings is 2. The second-order valence-electron chi connectivity index (χ2n) is 7.88. The predicted octanol–water partition coefficient (Wildman–Crippen LogP) is 5.24. The number of hydrogen-bond donors (Lipinski definition) is 1. The highest BCUT2D eigenvalue weighted by Gasteiger charge is 2.18. The summed E-state index contributed by atoms with van der Waals surface area (Å²) in [5, 5.41) is 0.896. The van der Waals surface area contributed by atoms with Gasteiger partial charge in [-0.15, -0.1) is 0 Å². The van der Waals surface area contributed by atoms with Gasteiger partial charge >= 0.3 is 0 Å². The zero-order valence-electron chi connectivity index (χ0n) is 17.1. The summed E-state index contributed by atoms with van der Waals surface area (Å²) in [5.41, 5.74) is 2.89. The lowest BCUT2D eigenvalue weighted by atomic mass is 9.87. The first-order chi connectivity index (χ1) is 13.2. The molecule has 28 heavy (non-hydrogen) atoms. The van der Waals surface area contributed by atoms with Crippen LogP contribution in [0.3, 0.4) is 0 Å². The van der Waals surface area contributed by atoms with Crippen LogP contribution in [0.4, 0.5) is 5.69 Å². The van der Waals surface area contributed by atoms with Crippen molar-refractivity contribution < 1.29 is 13.9 Å². The van der Waals surface area contributed by atoms with Crippen molar-refractivity contribution in [3.8, 4) is 5.75 Å². The molecule has 5 nitrogen and oxygen atoms in total. The Bertz CT molecular complexity index is 1000. The predicted molar refractivity (Wildman–Crippen MR) is 116 cm³/mol. The van der Waals surface area contributed by atoms with Crippen molar-refractivity contribution >= 4 is 34.5 Å². The molecule has 1 heterocycles. The average Bonchev–Trinajstić information content (AvgIpc) is 3.08. The number of ether oxygens (including phenoxy) is 1. The van der Waals surface area contributed by atoms with E-state index in [-0.39, 0.29) is 17.1 Å². The summed E-state index contributed by atoms with van der Waals surface area (Å²) in [5.74, 6) is 0.721. The summed E-state index contributed by atoms with van der Waals surface area (Å²) in [6.45, 7) is 6.45. The van der Waals surface area contributed by atoms with Crippen molar-refractivity contribution in [2.75, 3.05) is 26.1 Å². The fourth-order valence-corrected chi connectivity index (χ4v) is 3.53. The lowest BCUT2D eigenvalue weighted by Gasteiger charge is -2.20. The van der Waals surface area contributed by atoms with Gasteiger partial charge in [0.2, 0.25) is 0 Å². The molecule has 148 valence electrons. The van der Waals surface area contributed by atoms with Gasteiger partial charge in [0.25, 0.3) is 5.91 Å². The lowest BCUT2D eigenvalue weighted by Crippen LogP contribution is -2.15. The van der Waals surface area contributed by atoms with Crippen LogP contribution < -0.4 is 14.4 Å². The summed E-state index contributed by atoms with van der Waals surface area (Å²) < 4.78 is 14.1. The second kappa shape index (κ2) is 7.80. The van der Waals surface area contributed by atoms with Crippen LogP contribution >= 0.6 is 11.9 Å². The number of rotatable bonds is 5. The molecule has 0 fully saturated rings. The average molecular weight is 399 g/mol. The zero-order chi connectivity index (χ0) is 20.5.